The smallest absolute Gasteiger partial charge is 0.253 e. The number of hydrogen-bond donors (Lipinski definition) is 1. The van der Waals surface area contributed by atoms with Crippen molar-refractivity contribution in [3.8, 4) is 5.75 Å². The van der Waals surface area contributed by atoms with Gasteiger partial charge in [-0.2, -0.15) is 0 Å². The minimum atomic E-state index is -0.562. The maximum Gasteiger partial charge on any atom is 0.253 e. The zero-order chi connectivity index (χ0) is 27.2. The van der Waals surface area contributed by atoms with Gasteiger partial charge in [-0.25, -0.2) is 4.68 Å². The molecule has 0 bridgehead atoms. The number of methoxy groups -OCH3 is 2. The standard InChI is InChI=1S/C29H31N7O3/c1-20-6-4-8-23-16-25(29(37)31-26(20)23)27(28-32-33-34-36(28)14-15-38-2)35(19-22-7-5-13-30-17-22)18-21-9-11-24(39-3)12-10-21/h4-13,16-17,27H,14-15,18-19H2,1-3H3,(H,31,37). The largest absolute Gasteiger partial charge is 0.497 e. The maximum absolute atomic E-state index is 13.7. The first kappa shape index (κ1) is 26.2. The van der Waals surface area contributed by atoms with Crippen molar-refractivity contribution in [1.29, 1.82) is 0 Å². The lowest BCUT2D eigenvalue weighted by Gasteiger charge is -2.31. The Morgan fingerprint density at radius 1 is 1.03 bits per heavy atom. The van der Waals surface area contributed by atoms with Gasteiger partial charge in [0.25, 0.3) is 5.56 Å². The van der Waals surface area contributed by atoms with Crippen molar-refractivity contribution >= 4 is 10.9 Å². The topological polar surface area (TPSA) is 111 Å². The first-order chi connectivity index (χ1) is 19.1. The van der Waals surface area contributed by atoms with Crippen LogP contribution in [0.4, 0.5) is 0 Å². The highest BCUT2D eigenvalue weighted by Crippen LogP contribution is 2.30. The minimum absolute atomic E-state index is 0.186. The molecule has 0 aliphatic rings. The SMILES string of the molecule is COCCn1nnnc1C(c1cc2cccc(C)c2[nH]c1=O)N(Cc1ccc(OC)cc1)Cc1cccnc1. The highest BCUT2D eigenvalue weighted by atomic mass is 16.5. The summed E-state index contributed by atoms with van der Waals surface area (Å²) < 4.78 is 12.4. The number of nitrogens with one attached hydrogen (secondary N) is 1. The van der Waals surface area contributed by atoms with Crippen LogP contribution in [-0.4, -0.2) is 55.9 Å². The van der Waals surface area contributed by atoms with E-state index in [4.69, 9.17) is 9.47 Å². The van der Waals surface area contributed by atoms with Gasteiger partial charge in [0, 0.05) is 38.2 Å². The lowest BCUT2D eigenvalue weighted by atomic mass is 10.0. The van der Waals surface area contributed by atoms with E-state index in [1.807, 2.05) is 73.8 Å². The first-order valence-corrected chi connectivity index (χ1v) is 12.7. The average Bonchev–Trinajstić information content (AvgIpc) is 3.42. The predicted octanol–water partition coefficient (Wildman–Crippen LogP) is 3.66. The molecule has 2 aromatic carbocycles. The van der Waals surface area contributed by atoms with Crippen molar-refractivity contribution in [3.63, 3.8) is 0 Å². The molecule has 0 aliphatic carbocycles. The van der Waals surface area contributed by atoms with E-state index in [0.29, 0.717) is 37.6 Å². The van der Waals surface area contributed by atoms with Crippen molar-refractivity contribution < 1.29 is 9.47 Å². The molecular formula is C29H31N7O3. The number of hydrogen-bond acceptors (Lipinski definition) is 8. The van der Waals surface area contributed by atoms with Crippen LogP contribution in [0.3, 0.4) is 0 Å². The van der Waals surface area contributed by atoms with E-state index in [1.165, 1.54) is 0 Å². The molecule has 1 atom stereocenters. The zero-order valence-electron chi connectivity index (χ0n) is 22.2. The summed E-state index contributed by atoms with van der Waals surface area (Å²) in [6, 6.07) is 19.2. The van der Waals surface area contributed by atoms with Gasteiger partial charge in [-0.3, -0.25) is 14.7 Å². The Morgan fingerprint density at radius 3 is 2.59 bits per heavy atom. The summed E-state index contributed by atoms with van der Waals surface area (Å²) in [6.45, 7) is 3.89. The fourth-order valence-electron chi connectivity index (χ4n) is 4.78. The molecule has 0 fully saturated rings. The number of pyridine rings is 2. The van der Waals surface area contributed by atoms with Gasteiger partial charge in [-0.05, 0) is 63.7 Å². The van der Waals surface area contributed by atoms with Gasteiger partial charge in [0.15, 0.2) is 5.82 Å². The van der Waals surface area contributed by atoms with E-state index >= 15 is 0 Å². The molecule has 39 heavy (non-hydrogen) atoms. The number of tetrazole rings is 1. The molecule has 5 rings (SSSR count). The summed E-state index contributed by atoms with van der Waals surface area (Å²) in [6.07, 6.45) is 3.58. The summed E-state index contributed by atoms with van der Waals surface area (Å²) >= 11 is 0. The number of nitrogens with zero attached hydrogens (tertiary/aromatic N) is 6. The van der Waals surface area contributed by atoms with E-state index in [2.05, 4.69) is 30.4 Å². The number of benzene rings is 2. The molecule has 1 N–H and O–H groups in total. The van der Waals surface area contributed by atoms with Crippen molar-refractivity contribution in [2.45, 2.75) is 32.6 Å². The molecule has 5 aromatic rings. The Morgan fingerprint density at radius 2 is 1.85 bits per heavy atom. The quantitative estimate of drug-likeness (QED) is 0.278. The Balaban J connectivity index is 1.68. The summed E-state index contributed by atoms with van der Waals surface area (Å²) in [5, 5.41) is 13.6. The van der Waals surface area contributed by atoms with Gasteiger partial charge in [-0.1, -0.05) is 36.4 Å². The monoisotopic (exact) mass is 525 g/mol. The molecule has 1 unspecified atom stereocenters. The molecule has 0 spiro atoms. The number of para-hydroxylation sites is 1. The molecule has 0 aliphatic heterocycles. The summed E-state index contributed by atoms with van der Waals surface area (Å²) in [4.78, 5) is 23.4. The van der Waals surface area contributed by atoms with E-state index < -0.39 is 6.04 Å². The Bertz CT molecular complexity index is 1580. The van der Waals surface area contributed by atoms with Crippen LogP contribution in [0.25, 0.3) is 10.9 Å². The van der Waals surface area contributed by atoms with Gasteiger partial charge in [-0.15, -0.1) is 5.10 Å². The number of fused-ring (bicyclic) bond motifs is 1. The van der Waals surface area contributed by atoms with E-state index in [1.54, 1.807) is 25.1 Å². The van der Waals surface area contributed by atoms with Crippen molar-refractivity contribution in [2.24, 2.45) is 0 Å². The van der Waals surface area contributed by atoms with Gasteiger partial charge in [0.1, 0.15) is 11.8 Å². The number of H-pyrrole nitrogens is 1. The van der Waals surface area contributed by atoms with Crippen LogP contribution in [0.2, 0.25) is 0 Å². The Hall–Kier alpha value is -4.41. The number of aryl methyl sites for hydroxylation is 1. The number of aromatic nitrogens is 6. The summed E-state index contributed by atoms with van der Waals surface area (Å²) in [7, 11) is 3.28. The van der Waals surface area contributed by atoms with Crippen molar-refractivity contribution in [2.75, 3.05) is 20.8 Å². The van der Waals surface area contributed by atoms with E-state index in [0.717, 1.165) is 33.3 Å². The van der Waals surface area contributed by atoms with Crippen LogP contribution in [0.1, 0.15) is 34.1 Å². The van der Waals surface area contributed by atoms with Crippen molar-refractivity contribution in [3.05, 3.63) is 111 Å². The third-order valence-electron chi connectivity index (χ3n) is 6.74. The summed E-state index contributed by atoms with van der Waals surface area (Å²) in [5.74, 6) is 1.33. The maximum atomic E-state index is 13.7. The van der Waals surface area contributed by atoms with Gasteiger partial charge in [0.2, 0.25) is 0 Å². The van der Waals surface area contributed by atoms with E-state index in [9.17, 15) is 4.79 Å². The first-order valence-electron chi connectivity index (χ1n) is 12.7. The van der Waals surface area contributed by atoms with Crippen LogP contribution in [-0.2, 0) is 24.4 Å². The van der Waals surface area contributed by atoms with Gasteiger partial charge in [0.05, 0.1) is 25.8 Å². The van der Waals surface area contributed by atoms with Crippen molar-refractivity contribution in [1.82, 2.24) is 35.1 Å². The number of aromatic amines is 1. The van der Waals surface area contributed by atoms with Crippen LogP contribution in [0.15, 0.2) is 77.9 Å². The lowest BCUT2D eigenvalue weighted by Crippen LogP contribution is -2.35. The number of rotatable bonds is 11. The zero-order valence-corrected chi connectivity index (χ0v) is 22.2. The third-order valence-corrected chi connectivity index (χ3v) is 6.74. The Kier molecular flexibility index (Phi) is 8.04. The molecule has 10 nitrogen and oxygen atoms in total. The molecule has 0 amide bonds. The second-order valence-electron chi connectivity index (χ2n) is 9.36. The predicted molar refractivity (Wildman–Crippen MR) is 147 cm³/mol. The van der Waals surface area contributed by atoms with Gasteiger partial charge >= 0.3 is 0 Å². The highest BCUT2D eigenvalue weighted by Gasteiger charge is 2.31. The Labute approximate surface area is 226 Å². The fourth-order valence-corrected chi connectivity index (χ4v) is 4.78. The number of ether oxygens (including phenoxy) is 2. The fraction of sp³-hybridized carbons (Fsp3) is 0.276. The normalized spacial score (nSPS) is 12.2. The molecule has 10 heteroatoms. The molecular weight excluding hydrogens is 494 g/mol. The minimum Gasteiger partial charge on any atom is -0.497 e. The van der Waals surface area contributed by atoms with Crippen LogP contribution < -0.4 is 10.3 Å². The average molecular weight is 526 g/mol. The third kappa shape index (κ3) is 5.87. The summed E-state index contributed by atoms with van der Waals surface area (Å²) in [5.41, 5.74) is 4.24. The molecule has 3 aromatic heterocycles. The van der Waals surface area contributed by atoms with Crippen LogP contribution in [0.5, 0.6) is 5.75 Å². The van der Waals surface area contributed by atoms with Crippen LogP contribution in [0, 0.1) is 6.92 Å². The second-order valence-corrected chi connectivity index (χ2v) is 9.36. The molecule has 0 radical (unpaired) electrons. The van der Waals surface area contributed by atoms with Crippen LogP contribution >= 0.6 is 0 Å². The molecule has 0 saturated heterocycles. The van der Waals surface area contributed by atoms with E-state index in [-0.39, 0.29) is 5.56 Å². The lowest BCUT2D eigenvalue weighted by molar-refractivity contribution is 0.169. The second kappa shape index (κ2) is 12.0. The molecule has 3 heterocycles. The molecule has 0 saturated carbocycles. The molecule has 200 valence electrons. The highest BCUT2D eigenvalue weighted by molar-refractivity contribution is 5.82. The van der Waals surface area contributed by atoms with Gasteiger partial charge < -0.3 is 14.5 Å².